The van der Waals surface area contributed by atoms with Crippen LogP contribution in [0, 0.1) is 0 Å². The third-order valence-corrected chi connectivity index (χ3v) is 7.87. The van der Waals surface area contributed by atoms with Gasteiger partial charge in [0.15, 0.2) is 0 Å². The lowest BCUT2D eigenvalue weighted by Crippen LogP contribution is -2.31. The van der Waals surface area contributed by atoms with Gasteiger partial charge < -0.3 is 10.1 Å². The van der Waals surface area contributed by atoms with E-state index in [2.05, 4.69) is 10.0 Å². The summed E-state index contributed by atoms with van der Waals surface area (Å²) in [5.74, 6) is 0.0794. The molecule has 0 aromatic heterocycles. The van der Waals surface area contributed by atoms with E-state index in [-0.39, 0.29) is 6.04 Å². The first-order valence-corrected chi connectivity index (χ1v) is 13.4. The first-order valence-electron chi connectivity index (χ1n) is 12.2. The zero-order valence-corrected chi connectivity index (χ0v) is 21.7. The van der Waals surface area contributed by atoms with Gasteiger partial charge in [0.25, 0.3) is 5.91 Å². The number of hydrogen-bond acceptors (Lipinski definition) is 3. The van der Waals surface area contributed by atoms with Crippen molar-refractivity contribution in [1.82, 2.24) is 4.72 Å². The smallest absolute Gasteiger partial charge is 0.416 e. The molecule has 0 saturated carbocycles. The molecular weight excluding hydrogens is 525 g/mol. The predicted molar refractivity (Wildman–Crippen MR) is 145 cm³/mol. The van der Waals surface area contributed by atoms with Gasteiger partial charge in [-0.3, -0.25) is 4.79 Å². The summed E-state index contributed by atoms with van der Waals surface area (Å²) in [4.78, 5) is 14.0. The van der Waals surface area contributed by atoms with Gasteiger partial charge in [-0.2, -0.15) is 13.2 Å². The lowest BCUT2D eigenvalue weighted by Gasteiger charge is -2.14. The molecule has 0 spiro atoms. The standard InChI is InChI=1S/C30H25F3N2O3S/c1-38-25-13-14-27(28(18-25)19-7-10-22(11-8-19)30(31,32)33)29(36)34-23-12-9-20-15-24(17-21(20)16-23)35-39(37)26-5-3-2-4-6-26/h2-14,16,18,24,35H,15,17H2,1H3,(H,34,36). The minimum atomic E-state index is -4.45. The summed E-state index contributed by atoms with van der Waals surface area (Å²) in [5, 5.41) is 2.91. The third kappa shape index (κ3) is 6.05. The van der Waals surface area contributed by atoms with Gasteiger partial charge in [0.1, 0.15) is 16.7 Å². The van der Waals surface area contributed by atoms with Crippen LogP contribution in [0.3, 0.4) is 0 Å². The second kappa shape index (κ2) is 11.0. The van der Waals surface area contributed by atoms with Crippen LogP contribution in [0.1, 0.15) is 27.0 Å². The van der Waals surface area contributed by atoms with Crippen LogP contribution in [-0.4, -0.2) is 23.3 Å². The number of alkyl halides is 3. The lowest BCUT2D eigenvalue weighted by atomic mass is 9.97. The van der Waals surface area contributed by atoms with Crippen LogP contribution < -0.4 is 14.8 Å². The highest BCUT2D eigenvalue weighted by Gasteiger charge is 2.30. The van der Waals surface area contributed by atoms with Crippen LogP contribution >= 0.6 is 0 Å². The number of ether oxygens (including phenoxy) is 1. The van der Waals surface area contributed by atoms with E-state index in [1.54, 1.807) is 18.2 Å². The van der Waals surface area contributed by atoms with Crippen LogP contribution in [0.15, 0.2) is 95.9 Å². The minimum absolute atomic E-state index is 0.000137. The van der Waals surface area contributed by atoms with E-state index in [1.807, 2.05) is 48.5 Å². The first kappa shape index (κ1) is 26.6. The number of benzene rings is 4. The molecule has 9 heteroatoms. The van der Waals surface area contributed by atoms with Gasteiger partial charge in [-0.05, 0) is 89.7 Å². The number of amides is 1. The maximum atomic E-state index is 13.3. The highest BCUT2D eigenvalue weighted by Crippen LogP contribution is 2.34. The van der Waals surface area contributed by atoms with Crippen molar-refractivity contribution in [2.45, 2.75) is 30.0 Å². The molecule has 0 saturated heterocycles. The van der Waals surface area contributed by atoms with Gasteiger partial charge in [0, 0.05) is 17.3 Å². The Bertz CT molecular complexity index is 1520. The molecule has 200 valence electrons. The molecule has 0 heterocycles. The fourth-order valence-electron chi connectivity index (χ4n) is 4.67. The zero-order chi connectivity index (χ0) is 27.6. The summed E-state index contributed by atoms with van der Waals surface area (Å²) in [5.41, 5.74) is 3.21. The molecule has 5 rings (SSSR count). The molecule has 4 aromatic rings. The Morgan fingerprint density at radius 1 is 0.897 bits per heavy atom. The van der Waals surface area contributed by atoms with E-state index in [9.17, 15) is 22.2 Å². The van der Waals surface area contributed by atoms with Gasteiger partial charge in [0.2, 0.25) is 0 Å². The minimum Gasteiger partial charge on any atom is -0.497 e. The molecular formula is C30H25F3N2O3S. The molecule has 0 radical (unpaired) electrons. The number of halogens is 3. The van der Waals surface area contributed by atoms with Gasteiger partial charge in [-0.25, -0.2) is 8.93 Å². The highest BCUT2D eigenvalue weighted by atomic mass is 32.2. The maximum Gasteiger partial charge on any atom is 0.416 e. The average molecular weight is 551 g/mol. The monoisotopic (exact) mass is 550 g/mol. The number of methoxy groups -OCH3 is 1. The van der Waals surface area contributed by atoms with Crippen molar-refractivity contribution >= 4 is 22.6 Å². The lowest BCUT2D eigenvalue weighted by molar-refractivity contribution is -0.137. The molecule has 2 unspecified atom stereocenters. The second-order valence-corrected chi connectivity index (χ2v) is 10.5. The maximum absolute atomic E-state index is 13.3. The van der Waals surface area contributed by atoms with E-state index >= 15 is 0 Å². The van der Waals surface area contributed by atoms with E-state index in [0.29, 0.717) is 39.4 Å². The number of fused-ring (bicyclic) bond motifs is 1. The Morgan fingerprint density at radius 3 is 2.31 bits per heavy atom. The third-order valence-electron chi connectivity index (χ3n) is 6.62. The Hall–Kier alpha value is -3.95. The molecule has 0 aliphatic heterocycles. The Balaban J connectivity index is 1.33. The second-order valence-electron chi connectivity index (χ2n) is 9.23. The summed E-state index contributed by atoms with van der Waals surface area (Å²) >= 11 is 0. The fraction of sp³-hybridized carbons (Fsp3) is 0.167. The van der Waals surface area contributed by atoms with Crippen LogP contribution in [0.5, 0.6) is 5.75 Å². The zero-order valence-electron chi connectivity index (χ0n) is 20.9. The predicted octanol–water partition coefficient (Wildman–Crippen LogP) is 6.41. The van der Waals surface area contributed by atoms with Crippen LogP contribution in [-0.2, 0) is 30.0 Å². The summed E-state index contributed by atoms with van der Waals surface area (Å²) in [6.07, 6.45) is -3.07. The number of nitrogens with one attached hydrogen (secondary N) is 2. The molecule has 39 heavy (non-hydrogen) atoms. The van der Waals surface area contributed by atoms with Crippen molar-refractivity contribution in [1.29, 1.82) is 0 Å². The quantitative estimate of drug-likeness (QED) is 0.279. The molecule has 0 fully saturated rings. The summed E-state index contributed by atoms with van der Waals surface area (Å²) in [6.45, 7) is 0. The summed E-state index contributed by atoms with van der Waals surface area (Å²) in [6, 6.07) is 24.4. The largest absolute Gasteiger partial charge is 0.497 e. The van der Waals surface area contributed by atoms with Crippen molar-refractivity contribution in [3.8, 4) is 16.9 Å². The van der Waals surface area contributed by atoms with Crippen molar-refractivity contribution < 1.29 is 26.9 Å². The molecule has 1 aliphatic rings. The summed E-state index contributed by atoms with van der Waals surface area (Å²) < 4.78 is 60.3. The topological polar surface area (TPSA) is 67.4 Å². The Morgan fingerprint density at radius 2 is 1.62 bits per heavy atom. The number of carbonyl (C=O) groups is 1. The normalized spacial score (nSPS) is 15.4. The van der Waals surface area contributed by atoms with Crippen LogP contribution in [0.4, 0.5) is 18.9 Å². The summed E-state index contributed by atoms with van der Waals surface area (Å²) in [7, 11) is 0.156. The Labute approximate surface area is 226 Å². The van der Waals surface area contributed by atoms with E-state index in [1.165, 1.54) is 19.2 Å². The van der Waals surface area contributed by atoms with E-state index in [0.717, 1.165) is 29.7 Å². The number of hydrogen-bond donors (Lipinski definition) is 2. The molecule has 1 aliphatic carbocycles. The van der Waals surface area contributed by atoms with Gasteiger partial charge in [-0.1, -0.05) is 36.4 Å². The highest BCUT2D eigenvalue weighted by molar-refractivity contribution is 7.83. The van der Waals surface area contributed by atoms with Gasteiger partial charge in [0.05, 0.1) is 17.6 Å². The fourth-order valence-corrected chi connectivity index (χ4v) is 5.68. The molecule has 1 amide bonds. The van der Waals surface area contributed by atoms with E-state index in [4.69, 9.17) is 4.74 Å². The van der Waals surface area contributed by atoms with Crippen molar-refractivity contribution in [2.75, 3.05) is 12.4 Å². The van der Waals surface area contributed by atoms with Crippen LogP contribution in [0.2, 0.25) is 0 Å². The van der Waals surface area contributed by atoms with Crippen molar-refractivity contribution in [2.24, 2.45) is 0 Å². The van der Waals surface area contributed by atoms with Crippen LogP contribution in [0.25, 0.3) is 11.1 Å². The Kier molecular flexibility index (Phi) is 7.54. The average Bonchev–Trinajstić information content (AvgIpc) is 3.34. The molecule has 4 aromatic carbocycles. The van der Waals surface area contributed by atoms with Gasteiger partial charge >= 0.3 is 6.18 Å². The number of anilines is 1. The number of rotatable bonds is 7. The first-order chi connectivity index (χ1) is 18.7. The number of carbonyl (C=O) groups excluding carboxylic acids is 1. The van der Waals surface area contributed by atoms with E-state index < -0.39 is 28.6 Å². The van der Waals surface area contributed by atoms with Crippen molar-refractivity contribution in [3.63, 3.8) is 0 Å². The molecule has 0 bridgehead atoms. The van der Waals surface area contributed by atoms with Crippen molar-refractivity contribution in [3.05, 3.63) is 113 Å². The molecule has 2 atom stereocenters. The SMILES string of the molecule is COc1ccc(C(=O)Nc2ccc3c(c2)CC(NS(=O)c2ccccc2)C3)c(-c2ccc(C(F)(F)F)cc2)c1. The molecule has 5 nitrogen and oxygen atoms in total. The molecule has 2 N–H and O–H groups in total. The van der Waals surface area contributed by atoms with Gasteiger partial charge in [-0.15, -0.1) is 0 Å².